The lowest BCUT2D eigenvalue weighted by Gasteiger charge is -2.29. The molecule has 2 heteroatoms. The predicted octanol–water partition coefficient (Wildman–Crippen LogP) is 2.27. The number of hydrogen-bond acceptors (Lipinski definition) is 2. The van der Waals surface area contributed by atoms with Gasteiger partial charge in [0.15, 0.2) is 0 Å². The zero-order chi connectivity index (χ0) is 10.8. The molecule has 1 aliphatic rings. The van der Waals surface area contributed by atoms with E-state index in [1.54, 1.807) is 0 Å². The fourth-order valence-electron chi connectivity index (χ4n) is 2.05. The second kappa shape index (κ2) is 4.63. The van der Waals surface area contributed by atoms with Gasteiger partial charge in [-0.3, -0.25) is 0 Å². The van der Waals surface area contributed by atoms with Crippen molar-refractivity contribution in [2.24, 2.45) is 5.41 Å². The molecule has 2 atom stereocenters. The third-order valence-corrected chi connectivity index (χ3v) is 3.38. The zero-order valence-corrected chi connectivity index (χ0v) is 10.1. The van der Waals surface area contributed by atoms with Gasteiger partial charge in [0, 0.05) is 12.6 Å². The molecule has 1 saturated heterocycles. The van der Waals surface area contributed by atoms with Crippen molar-refractivity contribution in [3.63, 3.8) is 0 Å². The molecule has 0 aromatic carbocycles. The monoisotopic (exact) mass is 199 g/mol. The van der Waals surface area contributed by atoms with Crippen molar-refractivity contribution in [2.75, 3.05) is 13.1 Å². The van der Waals surface area contributed by atoms with Crippen LogP contribution in [0.1, 0.15) is 47.0 Å². The van der Waals surface area contributed by atoms with Gasteiger partial charge in [-0.2, -0.15) is 0 Å². The lowest BCUT2D eigenvalue weighted by molar-refractivity contribution is 0.0450. The van der Waals surface area contributed by atoms with Gasteiger partial charge in [0.25, 0.3) is 0 Å². The van der Waals surface area contributed by atoms with E-state index in [2.05, 4.69) is 32.6 Å². The molecule has 0 aromatic rings. The maximum absolute atomic E-state index is 9.91. The molecule has 1 N–H and O–H groups in total. The molecular formula is C12H25NO. The highest BCUT2D eigenvalue weighted by molar-refractivity contribution is 4.79. The van der Waals surface area contributed by atoms with Crippen LogP contribution in [0.2, 0.25) is 0 Å². The topological polar surface area (TPSA) is 23.5 Å². The van der Waals surface area contributed by atoms with Crippen LogP contribution in [0.4, 0.5) is 0 Å². The molecule has 1 aliphatic heterocycles. The summed E-state index contributed by atoms with van der Waals surface area (Å²) in [6, 6.07) is 0.724. The zero-order valence-electron chi connectivity index (χ0n) is 10.1. The van der Waals surface area contributed by atoms with E-state index in [1.165, 1.54) is 19.4 Å². The normalized spacial score (nSPS) is 26.8. The van der Waals surface area contributed by atoms with Gasteiger partial charge in [0.05, 0.1) is 6.10 Å². The molecule has 0 bridgehead atoms. The summed E-state index contributed by atoms with van der Waals surface area (Å²) < 4.78 is 0. The van der Waals surface area contributed by atoms with Crippen molar-refractivity contribution in [3.05, 3.63) is 0 Å². The average molecular weight is 199 g/mol. The number of hydrogen-bond donors (Lipinski definition) is 1. The third-order valence-electron chi connectivity index (χ3n) is 3.38. The van der Waals surface area contributed by atoms with Crippen LogP contribution in [0.5, 0.6) is 0 Å². The Hall–Kier alpha value is -0.0800. The van der Waals surface area contributed by atoms with Crippen LogP contribution in [0, 0.1) is 5.41 Å². The SMILES string of the molecule is CC1CCCN1CCC(O)C(C)(C)C. The second-order valence-corrected chi connectivity index (χ2v) is 5.70. The molecule has 0 aliphatic carbocycles. The molecular weight excluding hydrogens is 174 g/mol. The van der Waals surface area contributed by atoms with Gasteiger partial charge >= 0.3 is 0 Å². The highest BCUT2D eigenvalue weighted by Gasteiger charge is 2.25. The average Bonchev–Trinajstić information content (AvgIpc) is 2.45. The summed E-state index contributed by atoms with van der Waals surface area (Å²) in [6.07, 6.45) is 3.39. The summed E-state index contributed by atoms with van der Waals surface area (Å²) >= 11 is 0. The Kier molecular flexibility index (Phi) is 3.96. The van der Waals surface area contributed by atoms with E-state index in [9.17, 15) is 5.11 Å². The molecule has 1 heterocycles. The Labute approximate surface area is 88.3 Å². The van der Waals surface area contributed by atoms with Crippen molar-refractivity contribution in [3.8, 4) is 0 Å². The maximum Gasteiger partial charge on any atom is 0.0600 e. The van der Waals surface area contributed by atoms with Gasteiger partial charge in [0.1, 0.15) is 0 Å². The fraction of sp³-hybridized carbons (Fsp3) is 1.00. The highest BCUT2D eigenvalue weighted by Crippen LogP contribution is 2.23. The molecule has 0 saturated carbocycles. The van der Waals surface area contributed by atoms with Gasteiger partial charge in [-0.25, -0.2) is 0 Å². The minimum atomic E-state index is -0.171. The molecule has 14 heavy (non-hydrogen) atoms. The van der Waals surface area contributed by atoms with Crippen molar-refractivity contribution in [1.82, 2.24) is 4.90 Å². The molecule has 2 nitrogen and oxygen atoms in total. The lowest BCUT2D eigenvalue weighted by atomic mass is 9.87. The minimum absolute atomic E-state index is 0.0307. The Balaban J connectivity index is 2.26. The molecule has 0 spiro atoms. The van der Waals surface area contributed by atoms with Gasteiger partial charge in [-0.05, 0) is 38.1 Å². The summed E-state index contributed by atoms with van der Waals surface area (Å²) in [7, 11) is 0. The predicted molar refractivity (Wildman–Crippen MR) is 60.3 cm³/mol. The lowest BCUT2D eigenvalue weighted by Crippen LogP contribution is -2.34. The van der Waals surface area contributed by atoms with E-state index < -0.39 is 0 Å². The van der Waals surface area contributed by atoms with Crippen LogP contribution in [0.25, 0.3) is 0 Å². The first-order valence-electron chi connectivity index (χ1n) is 5.83. The van der Waals surface area contributed by atoms with E-state index >= 15 is 0 Å². The van der Waals surface area contributed by atoms with Crippen molar-refractivity contribution in [2.45, 2.75) is 59.1 Å². The number of aliphatic hydroxyl groups is 1. The summed E-state index contributed by atoms with van der Waals surface area (Å²) in [6.45, 7) is 10.9. The molecule has 84 valence electrons. The minimum Gasteiger partial charge on any atom is -0.393 e. The molecule has 0 aromatic heterocycles. The van der Waals surface area contributed by atoms with Gasteiger partial charge < -0.3 is 10.0 Å². The van der Waals surface area contributed by atoms with Gasteiger partial charge in [0.2, 0.25) is 0 Å². The van der Waals surface area contributed by atoms with E-state index in [0.717, 1.165) is 19.0 Å². The molecule has 0 amide bonds. The van der Waals surface area contributed by atoms with Gasteiger partial charge in [-0.1, -0.05) is 20.8 Å². The van der Waals surface area contributed by atoms with Crippen LogP contribution in [-0.4, -0.2) is 35.2 Å². The van der Waals surface area contributed by atoms with E-state index in [-0.39, 0.29) is 11.5 Å². The Bertz CT molecular complexity index is 172. The standard InChI is InChI=1S/C12H25NO/c1-10-6-5-8-13(10)9-7-11(14)12(2,3)4/h10-11,14H,5-9H2,1-4H3. The molecule has 1 fully saturated rings. The summed E-state index contributed by atoms with van der Waals surface area (Å²) in [4.78, 5) is 2.50. The third kappa shape index (κ3) is 3.25. The van der Waals surface area contributed by atoms with E-state index in [4.69, 9.17) is 0 Å². The van der Waals surface area contributed by atoms with Crippen molar-refractivity contribution < 1.29 is 5.11 Å². The molecule has 1 rings (SSSR count). The van der Waals surface area contributed by atoms with Crippen molar-refractivity contribution in [1.29, 1.82) is 0 Å². The van der Waals surface area contributed by atoms with Crippen LogP contribution in [0.3, 0.4) is 0 Å². The largest absolute Gasteiger partial charge is 0.393 e. The van der Waals surface area contributed by atoms with Crippen LogP contribution in [-0.2, 0) is 0 Å². The number of aliphatic hydroxyl groups excluding tert-OH is 1. The van der Waals surface area contributed by atoms with Crippen LogP contribution in [0.15, 0.2) is 0 Å². The quantitative estimate of drug-likeness (QED) is 0.753. The van der Waals surface area contributed by atoms with Crippen molar-refractivity contribution >= 4 is 0 Å². The highest BCUT2D eigenvalue weighted by atomic mass is 16.3. The Morgan fingerprint density at radius 2 is 2.07 bits per heavy atom. The summed E-state index contributed by atoms with van der Waals surface area (Å²) in [5.74, 6) is 0. The smallest absolute Gasteiger partial charge is 0.0600 e. The van der Waals surface area contributed by atoms with Crippen LogP contribution < -0.4 is 0 Å². The summed E-state index contributed by atoms with van der Waals surface area (Å²) in [5.41, 5.74) is 0.0307. The number of likely N-dealkylation sites (tertiary alicyclic amines) is 1. The first kappa shape index (κ1) is 12.0. The van der Waals surface area contributed by atoms with E-state index in [1.807, 2.05) is 0 Å². The van der Waals surface area contributed by atoms with Gasteiger partial charge in [-0.15, -0.1) is 0 Å². The Morgan fingerprint density at radius 3 is 2.50 bits per heavy atom. The number of rotatable bonds is 3. The van der Waals surface area contributed by atoms with Crippen LogP contribution >= 0.6 is 0 Å². The maximum atomic E-state index is 9.91. The first-order valence-corrected chi connectivity index (χ1v) is 5.83. The molecule has 0 radical (unpaired) electrons. The summed E-state index contributed by atoms with van der Waals surface area (Å²) in [5, 5.41) is 9.91. The fourth-order valence-corrected chi connectivity index (χ4v) is 2.05. The van der Waals surface area contributed by atoms with E-state index in [0.29, 0.717) is 0 Å². The first-order chi connectivity index (χ1) is 6.41. The Morgan fingerprint density at radius 1 is 1.43 bits per heavy atom. The second-order valence-electron chi connectivity index (χ2n) is 5.70. The number of nitrogens with zero attached hydrogens (tertiary/aromatic N) is 1. The molecule has 2 unspecified atom stereocenters.